The SMILES string of the molecule is O=C1O/C(=C\I)CN1c1ccc(F)cc1. The van der Waals surface area contributed by atoms with Gasteiger partial charge >= 0.3 is 6.09 Å². The Bertz CT molecular complexity index is 416. The summed E-state index contributed by atoms with van der Waals surface area (Å²) in [5, 5.41) is 0. The molecule has 0 aromatic heterocycles. The summed E-state index contributed by atoms with van der Waals surface area (Å²) in [6.07, 6.45) is -0.426. The van der Waals surface area contributed by atoms with Crippen molar-refractivity contribution in [3.63, 3.8) is 0 Å². The second kappa shape index (κ2) is 4.18. The fraction of sp³-hybridized carbons (Fsp3) is 0.100. The molecule has 5 heteroatoms. The Hall–Kier alpha value is -1.11. The van der Waals surface area contributed by atoms with E-state index >= 15 is 0 Å². The molecule has 0 spiro atoms. The quantitative estimate of drug-likeness (QED) is 0.745. The molecule has 1 aromatic carbocycles. The van der Waals surface area contributed by atoms with Crippen molar-refractivity contribution in [2.24, 2.45) is 0 Å². The predicted octanol–water partition coefficient (Wildman–Crippen LogP) is 3.06. The molecule has 1 heterocycles. The first kappa shape index (κ1) is 10.4. The molecule has 15 heavy (non-hydrogen) atoms. The lowest BCUT2D eigenvalue weighted by Crippen LogP contribution is -2.22. The average molecular weight is 319 g/mol. The summed E-state index contributed by atoms with van der Waals surface area (Å²) in [6.45, 7) is 0.396. The topological polar surface area (TPSA) is 29.5 Å². The van der Waals surface area contributed by atoms with Crippen LogP contribution < -0.4 is 4.90 Å². The average Bonchev–Trinajstić information content (AvgIpc) is 2.61. The number of cyclic esters (lactones) is 1. The van der Waals surface area contributed by atoms with Gasteiger partial charge < -0.3 is 4.74 Å². The van der Waals surface area contributed by atoms with Gasteiger partial charge in [-0.05, 0) is 46.9 Å². The summed E-state index contributed by atoms with van der Waals surface area (Å²) in [6, 6.07) is 5.72. The molecule has 1 aromatic rings. The Morgan fingerprint density at radius 2 is 2.07 bits per heavy atom. The van der Waals surface area contributed by atoms with E-state index in [0.29, 0.717) is 18.0 Å². The van der Waals surface area contributed by atoms with E-state index in [1.165, 1.54) is 17.0 Å². The molecule has 0 unspecified atom stereocenters. The van der Waals surface area contributed by atoms with Crippen molar-refractivity contribution in [1.29, 1.82) is 0 Å². The molecule has 0 radical (unpaired) electrons. The highest BCUT2D eigenvalue weighted by molar-refractivity contribution is 14.1. The van der Waals surface area contributed by atoms with Crippen LogP contribution in [-0.2, 0) is 4.74 Å². The molecule has 0 atom stereocenters. The van der Waals surface area contributed by atoms with Crippen molar-refractivity contribution in [3.8, 4) is 0 Å². The molecule has 1 aliphatic heterocycles. The van der Waals surface area contributed by atoms with Crippen LogP contribution in [0.3, 0.4) is 0 Å². The second-order valence-corrected chi connectivity index (χ2v) is 3.63. The first-order valence-corrected chi connectivity index (χ1v) is 5.49. The van der Waals surface area contributed by atoms with E-state index in [2.05, 4.69) is 0 Å². The van der Waals surface area contributed by atoms with Gasteiger partial charge in [0.05, 0.1) is 6.54 Å². The monoisotopic (exact) mass is 319 g/mol. The van der Waals surface area contributed by atoms with Crippen molar-refractivity contribution < 1.29 is 13.9 Å². The molecule has 3 nitrogen and oxygen atoms in total. The van der Waals surface area contributed by atoms with Gasteiger partial charge in [-0.1, -0.05) is 0 Å². The highest BCUT2D eigenvalue weighted by Crippen LogP contribution is 2.23. The first-order chi connectivity index (χ1) is 7.20. The number of hydrogen-bond donors (Lipinski definition) is 0. The molecule has 2 rings (SSSR count). The Morgan fingerprint density at radius 1 is 1.40 bits per heavy atom. The van der Waals surface area contributed by atoms with Crippen LogP contribution in [0.4, 0.5) is 14.9 Å². The third-order valence-electron chi connectivity index (χ3n) is 2.01. The van der Waals surface area contributed by atoms with Crippen LogP contribution in [0.25, 0.3) is 0 Å². The van der Waals surface area contributed by atoms with Crippen molar-refractivity contribution >= 4 is 34.4 Å². The highest BCUT2D eigenvalue weighted by Gasteiger charge is 2.27. The molecule has 1 fully saturated rings. The maximum atomic E-state index is 12.7. The number of carbonyl (C=O) groups is 1. The van der Waals surface area contributed by atoms with Gasteiger partial charge in [-0.25, -0.2) is 9.18 Å². The van der Waals surface area contributed by atoms with E-state index in [4.69, 9.17) is 4.74 Å². The zero-order chi connectivity index (χ0) is 10.8. The van der Waals surface area contributed by atoms with Gasteiger partial charge in [0, 0.05) is 9.77 Å². The number of rotatable bonds is 1. The lowest BCUT2D eigenvalue weighted by Gasteiger charge is -2.11. The molecular formula is C10H7FINO2. The zero-order valence-electron chi connectivity index (χ0n) is 7.61. The van der Waals surface area contributed by atoms with Gasteiger partial charge in [0.2, 0.25) is 0 Å². The van der Waals surface area contributed by atoms with E-state index in [1.807, 2.05) is 22.6 Å². The molecule has 1 saturated heterocycles. The molecule has 0 saturated carbocycles. The van der Waals surface area contributed by atoms with Crippen LogP contribution in [-0.4, -0.2) is 12.6 Å². The van der Waals surface area contributed by atoms with Crippen LogP contribution in [0.5, 0.6) is 0 Å². The van der Waals surface area contributed by atoms with Gasteiger partial charge in [-0.15, -0.1) is 0 Å². The predicted molar refractivity (Wildman–Crippen MR) is 62.3 cm³/mol. The van der Waals surface area contributed by atoms with Crippen LogP contribution in [0.15, 0.2) is 34.1 Å². The molecule has 1 amide bonds. The first-order valence-electron chi connectivity index (χ1n) is 4.25. The lowest BCUT2D eigenvalue weighted by atomic mass is 10.3. The highest BCUT2D eigenvalue weighted by atomic mass is 127. The summed E-state index contributed by atoms with van der Waals surface area (Å²) < 4.78 is 19.3. The van der Waals surface area contributed by atoms with Crippen molar-refractivity contribution in [2.75, 3.05) is 11.4 Å². The van der Waals surface area contributed by atoms with Gasteiger partial charge in [-0.2, -0.15) is 0 Å². The number of ether oxygens (including phenoxy) is 1. The summed E-state index contributed by atoms with van der Waals surface area (Å²) in [7, 11) is 0. The second-order valence-electron chi connectivity index (χ2n) is 3.01. The van der Waals surface area contributed by atoms with Crippen LogP contribution in [0.2, 0.25) is 0 Å². The molecule has 0 bridgehead atoms. The largest absolute Gasteiger partial charge is 0.419 e. The Morgan fingerprint density at radius 3 is 2.60 bits per heavy atom. The van der Waals surface area contributed by atoms with Crippen LogP contribution >= 0.6 is 22.6 Å². The van der Waals surface area contributed by atoms with Gasteiger partial charge in [0.25, 0.3) is 0 Å². The number of carbonyl (C=O) groups excluding carboxylic acids is 1. The Labute approximate surface area is 99.7 Å². The standard InChI is InChI=1S/C10H7FINO2/c11-7-1-3-8(4-2-7)13-6-9(5-12)15-10(13)14/h1-5H,6H2/b9-5-. The van der Waals surface area contributed by atoms with Crippen molar-refractivity contribution in [3.05, 3.63) is 39.9 Å². The third kappa shape index (κ3) is 2.11. The van der Waals surface area contributed by atoms with Gasteiger partial charge in [0.15, 0.2) is 0 Å². The maximum Gasteiger partial charge on any atom is 0.419 e. The Kier molecular flexibility index (Phi) is 2.90. The summed E-state index contributed by atoms with van der Waals surface area (Å²) in [4.78, 5) is 12.8. The normalized spacial score (nSPS) is 18.4. The molecule has 78 valence electrons. The zero-order valence-corrected chi connectivity index (χ0v) is 9.77. The number of benzene rings is 1. The van der Waals surface area contributed by atoms with E-state index in [-0.39, 0.29) is 5.82 Å². The maximum absolute atomic E-state index is 12.7. The molecular weight excluding hydrogens is 312 g/mol. The molecule has 0 aliphatic carbocycles. The minimum Gasteiger partial charge on any atom is -0.412 e. The number of hydrogen-bond acceptors (Lipinski definition) is 2. The smallest absolute Gasteiger partial charge is 0.412 e. The van der Waals surface area contributed by atoms with E-state index in [9.17, 15) is 9.18 Å². The fourth-order valence-electron chi connectivity index (χ4n) is 1.29. The van der Waals surface area contributed by atoms with Crippen LogP contribution in [0.1, 0.15) is 0 Å². The lowest BCUT2D eigenvalue weighted by molar-refractivity contribution is 0.199. The van der Waals surface area contributed by atoms with Crippen molar-refractivity contribution in [1.82, 2.24) is 0 Å². The minimum atomic E-state index is -0.426. The van der Waals surface area contributed by atoms with E-state index in [0.717, 1.165) is 0 Å². The van der Waals surface area contributed by atoms with Gasteiger partial charge in [-0.3, -0.25) is 4.90 Å². The number of nitrogens with zero attached hydrogens (tertiary/aromatic N) is 1. The number of anilines is 1. The van der Waals surface area contributed by atoms with E-state index < -0.39 is 6.09 Å². The number of halogens is 2. The van der Waals surface area contributed by atoms with Crippen molar-refractivity contribution in [2.45, 2.75) is 0 Å². The summed E-state index contributed by atoms with van der Waals surface area (Å²) >= 11 is 2.01. The molecule has 0 N–H and O–H groups in total. The Balaban J connectivity index is 2.25. The summed E-state index contributed by atoms with van der Waals surface area (Å²) in [5.74, 6) is 0.279. The molecule has 1 aliphatic rings. The minimum absolute atomic E-state index is 0.323. The van der Waals surface area contributed by atoms with Crippen LogP contribution in [0, 0.1) is 5.82 Å². The fourth-order valence-corrected chi connectivity index (χ4v) is 1.62. The van der Waals surface area contributed by atoms with Gasteiger partial charge in [0.1, 0.15) is 11.6 Å². The summed E-state index contributed by atoms with van der Waals surface area (Å²) in [5.41, 5.74) is 0.634. The third-order valence-corrected chi connectivity index (χ3v) is 2.71. The number of amides is 1. The van der Waals surface area contributed by atoms with E-state index in [1.54, 1.807) is 16.2 Å².